The van der Waals surface area contributed by atoms with E-state index in [1.54, 1.807) is 12.1 Å². The number of rotatable bonds is 7. The van der Waals surface area contributed by atoms with Crippen LogP contribution < -0.4 is 5.32 Å². The SMILES string of the molecule is CCCCCN1C(=O)C(c2ccc(NC(C)=O)cc2)=C(N2CCC(C)CC2)C1=O. The molecule has 1 saturated heterocycles. The van der Waals surface area contributed by atoms with Gasteiger partial charge in [0, 0.05) is 32.2 Å². The Morgan fingerprint density at radius 1 is 1.07 bits per heavy atom. The van der Waals surface area contributed by atoms with Gasteiger partial charge in [-0.05, 0) is 42.9 Å². The number of unbranched alkanes of at least 4 members (excludes halogenated alkanes) is 2. The van der Waals surface area contributed by atoms with Gasteiger partial charge in [-0.1, -0.05) is 38.8 Å². The van der Waals surface area contributed by atoms with Crippen LogP contribution in [0.25, 0.3) is 5.57 Å². The van der Waals surface area contributed by atoms with Gasteiger partial charge in [0.2, 0.25) is 5.91 Å². The van der Waals surface area contributed by atoms with E-state index in [1.807, 2.05) is 12.1 Å². The van der Waals surface area contributed by atoms with Crippen LogP contribution in [0.2, 0.25) is 0 Å². The first kappa shape index (κ1) is 21.1. The monoisotopic (exact) mass is 397 g/mol. The fourth-order valence-corrected chi connectivity index (χ4v) is 4.00. The Hall–Kier alpha value is -2.63. The average molecular weight is 398 g/mol. The predicted molar refractivity (Wildman–Crippen MR) is 114 cm³/mol. The highest BCUT2D eigenvalue weighted by Gasteiger charge is 2.41. The lowest BCUT2D eigenvalue weighted by atomic mass is 9.97. The van der Waals surface area contributed by atoms with Crippen molar-refractivity contribution >= 4 is 29.0 Å². The summed E-state index contributed by atoms with van der Waals surface area (Å²) in [5.41, 5.74) is 2.44. The molecule has 0 atom stereocenters. The minimum absolute atomic E-state index is 0.144. The van der Waals surface area contributed by atoms with E-state index >= 15 is 0 Å². The van der Waals surface area contributed by atoms with Gasteiger partial charge in [0.15, 0.2) is 0 Å². The number of piperidine rings is 1. The Morgan fingerprint density at radius 2 is 1.72 bits per heavy atom. The maximum atomic E-state index is 13.2. The molecule has 3 amide bonds. The molecule has 0 saturated carbocycles. The molecular weight excluding hydrogens is 366 g/mol. The largest absolute Gasteiger partial charge is 0.366 e. The number of benzene rings is 1. The lowest BCUT2D eigenvalue weighted by Gasteiger charge is -2.32. The molecule has 0 aliphatic carbocycles. The summed E-state index contributed by atoms with van der Waals surface area (Å²) >= 11 is 0. The predicted octanol–water partition coefficient (Wildman–Crippen LogP) is 3.65. The molecule has 29 heavy (non-hydrogen) atoms. The lowest BCUT2D eigenvalue weighted by molar-refractivity contribution is -0.137. The van der Waals surface area contributed by atoms with E-state index in [4.69, 9.17) is 0 Å². The fourth-order valence-electron chi connectivity index (χ4n) is 4.00. The first-order valence-corrected chi connectivity index (χ1v) is 10.7. The number of anilines is 1. The Morgan fingerprint density at radius 3 is 2.31 bits per heavy atom. The Labute approximate surface area is 172 Å². The molecule has 0 unspecified atom stereocenters. The fraction of sp³-hybridized carbons (Fsp3) is 0.522. The van der Waals surface area contributed by atoms with Crippen LogP contribution in [-0.4, -0.2) is 47.2 Å². The third kappa shape index (κ3) is 4.69. The van der Waals surface area contributed by atoms with Crippen molar-refractivity contribution in [1.82, 2.24) is 9.80 Å². The van der Waals surface area contributed by atoms with Crippen molar-refractivity contribution < 1.29 is 14.4 Å². The summed E-state index contributed by atoms with van der Waals surface area (Å²) in [6.07, 6.45) is 4.91. The second-order valence-electron chi connectivity index (χ2n) is 8.12. The average Bonchev–Trinajstić information content (AvgIpc) is 2.94. The number of carbonyl (C=O) groups is 3. The van der Waals surface area contributed by atoms with Crippen LogP contribution in [-0.2, 0) is 14.4 Å². The van der Waals surface area contributed by atoms with Gasteiger partial charge in [-0.3, -0.25) is 19.3 Å². The van der Waals surface area contributed by atoms with E-state index < -0.39 is 0 Å². The van der Waals surface area contributed by atoms with Crippen molar-refractivity contribution in [2.45, 2.75) is 52.9 Å². The molecule has 2 aliphatic rings. The molecule has 1 N–H and O–H groups in total. The maximum Gasteiger partial charge on any atom is 0.277 e. The van der Waals surface area contributed by atoms with Gasteiger partial charge in [0.25, 0.3) is 11.8 Å². The molecule has 156 valence electrons. The van der Waals surface area contributed by atoms with E-state index in [9.17, 15) is 14.4 Å². The summed E-state index contributed by atoms with van der Waals surface area (Å²) in [5.74, 6) is 0.128. The van der Waals surface area contributed by atoms with Gasteiger partial charge >= 0.3 is 0 Å². The molecular formula is C23H31N3O3. The molecule has 1 aromatic carbocycles. The molecule has 1 fully saturated rings. The second kappa shape index (κ2) is 9.25. The number of hydrogen-bond donors (Lipinski definition) is 1. The highest BCUT2D eigenvalue weighted by molar-refractivity contribution is 6.35. The van der Waals surface area contributed by atoms with Gasteiger partial charge in [-0.2, -0.15) is 0 Å². The maximum absolute atomic E-state index is 13.2. The van der Waals surface area contributed by atoms with Gasteiger partial charge in [-0.15, -0.1) is 0 Å². The molecule has 0 radical (unpaired) electrons. The van der Waals surface area contributed by atoms with Gasteiger partial charge in [0.05, 0.1) is 5.57 Å². The normalized spacial score (nSPS) is 18.0. The van der Waals surface area contributed by atoms with Crippen molar-refractivity contribution in [3.05, 3.63) is 35.5 Å². The van der Waals surface area contributed by atoms with Crippen molar-refractivity contribution in [3.8, 4) is 0 Å². The highest BCUT2D eigenvalue weighted by atomic mass is 16.2. The first-order chi connectivity index (χ1) is 13.9. The number of imide groups is 1. The lowest BCUT2D eigenvalue weighted by Crippen LogP contribution is -2.38. The van der Waals surface area contributed by atoms with Crippen molar-refractivity contribution in [2.75, 3.05) is 25.0 Å². The topological polar surface area (TPSA) is 69.7 Å². The Bertz CT molecular complexity index is 805. The third-order valence-corrected chi connectivity index (χ3v) is 5.72. The molecule has 6 heteroatoms. The van der Waals surface area contributed by atoms with Crippen molar-refractivity contribution in [1.29, 1.82) is 0 Å². The van der Waals surface area contributed by atoms with Gasteiger partial charge < -0.3 is 10.2 Å². The zero-order valence-electron chi connectivity index (χ0n) is 17.7. The molecule has 0 aromatic heterocycles. The summed E-state index contributed by atoms with van der Waals surface area (Å²) in [6.45, 7) is 7.85. The molecule has 2 aliphatic heterocycles. The zero-order chi connectivity index (χ0) is 21.0. The third-order valence-electron chi connectivity index (χ3n) is 5.72. The number of carbonyl (C=O) groups excluding carboxylic acids is 3. The van der Waals surface area contributed by atoms with Crippen LogP contribution in [0, 0.1) is 5.92 Å². The minimum Gasteiger partial charge on any atom is -0.366 e. The van der Waals surface area contributed by atoms with E-state index in [2.05, 4.69) is 24.1 Å². The molecule has 2 heterocycles. The van der Waals surface area contributed by atoms with E-state index in [0.717, 1.165) is 50.8 Å². The molecule has 0 bridgehead atoms. The van der Waals surface area contributed by atoms with E-state index in [1.165, 1.54) is 11.8 Å². The van der Waals surface area contributed by atoms with Crippen LogP contribution in [0.1, 0.15) is 58.4 Å². The molecule has 1 aromatic rings. The van der Waals surface area contributed by atoms with Crippen LogP contribution in [0.5, 0.6) is 0 Å². The number of nitrogens with one attached hydrogen (secondary N) is 1. The van der Waals surface area contributed by atoms with Crippen LogP contribution in [0.4, 0.5) is 5.69 Å². The smallest absolute Gasteiger partial charge is 0.277 e. The zero-order valence-corrected chi connectivity index (χ0v) is 17.7. The van der Waals surface area contributed by atoms with E-state index in [-0.39, 0.29) is 17.7 Å². The number of likely N-dealkylation sites (tertiary alicyclic amines) is 1. The standard InChI is InChI=1S/C23H31N3O3/c1-4-5-6-13-26-22(28)20(18-7-9-19(10-8-18)24-17(3)27)21(23(26)29)25-14-11-16(2)12-15-25/h7-10,16H,4-6,11-15H2,1-3H3,(H,24,27). The first-order valence-electron chi connectivity index (χ1n) is 10.7. The van der Waals surface area contributed by atoms with Crippen molar-refractivity contribution in [2.24, 2.45) is 5.92 Å². The van der Waals surface area contributed by atoms with Crippen molar-refractivity contribution in [3.63, 3.8) is 0 Å². The van der Waals surface area contributed by atoms with Crippen LogP contribution in [0.15, 0.2) is 30.0 Å². The van der Waals surface area contributed by atoms with Gasteiger partial charge in [-0.25, -0.2) is 0 Å². The summed E-state index contributed by atoms with van der Waals surface area (Å²) < 4.78 is 0. The molecule has 6 nitrogen and oxygen atoms in total. The van der Waals surface area contributed by atoms with Crippen LogP contribution >= 0.6 is 0 Å². The number of hydrogen-bond acceptors (Lipinski definition) is 4. The van der Waals surface area contributed by atoms with Gasteiger partial charge in [0.1, 0.15) is 5.70 Å². The Balaban J connectivity index is 1.93. The molecule has 3 rings (SSSR count). The summed E-state index contributed by atoms with van der Waals surface area (Å²) in [5, 5.41) is 2.74. The molecule has 0 spiro atoms. The highest BCUT2D eigenvalue weighted by Crippen LogP contribution is 2.34. The van der Waals surface area contributed by atoms with E-state index in [0.29, 0.717) is 29.4 Å². The quantitative estimate of drug-likeness (QED) is 0.563. The summed E-state index contributed by atoms with van der Waals surface area (Å²) in [6, 6.07) is 7.18. The number of nitrogens with zero attached hydrogens (tertiary/aromatic N) is 2. The summed E-state index contributed by atoms with van der Waals surface area (Å²) in [4.78, 5) is 41.3. The minimum atomic E-state index is -0.202. The Kier molecular flexibility index (Phi) is 6.72. The second-order valence-corrected chi connectivity index (χ2v) is 8.12. The van der Waals surface area contributed by atoms with Crippen LogP contribution in [0.3, 0.4) is 0 Å². The number of amides is 3. The summed E-state index contributed by atoms with van der Waals surface area (Å²) in [7, 11) is 0.